The van der Waals surface area contributed by atoms with Crippen molar-refractivity contribution in [1.82, 2.24) is 4.98 Å². The van der Waals surface area contributed by atoms with Gasteiger partial charge in [0, 0.05) is 35.9 Å². The third-order valence-electron chi connectivity index (χ3n) is 6.01. The number of anilines is 3. The summed E-state index contributed by atoms with van der Waals surface area (Å²) in [6.45, 7) is 5.03. The number of benzene rings is 2. The van der Waals surface area contributed by atoms with Crippen molar-refractivity contribution in [3.05, 3.63) is 54.7 Å². The van der Waals surface area contributed by atoms with Gasteiger partial charge in [-0.2, -0.15) is 0 Å². The molecule has 8 heteroatoms. The molecule has 1 aromatic heterocycles. The number of rotatable bonds is 8. The van der Waals surface area contributed by atoms with Gasteiger partial charge < -0.3 is 25.5 Å². The van der Waals surface area contributed by atoms with Crippen molar-refractivity contribution in [3.8, 4) is 5.75 Å². The fraction of sp³-hybridized carbons (Fsp3) is 0.370. The van der Waals surface area contributed by atoms with Crippen LogP contribution in [0.5, 0.6) is 5.75 Å². The lowest BCUT2D eigenvalue weighted by molar-refractivity contribution is -0.123. The van der Waals surface area contributed by atoms with Gasteiger partial charge in [-0.25, -0.2) is 4.98 Å². The minimum Gasteiger partial charge on any atom is -0.481 e. The maximum Gasteiger partial charge on any atom is 0.265 e. The van der Waals surface area contributed by atoms with Gasteiger partial charge in [0.1, 0.15) is 24.5 Å². The molecule has 184 valence electrons. The maximum atomic E-state index is 13.2. The van der Waals surface area contributed by atoms with Crippen LogP contribution >= 0.6 is 0 Å². The molecule has 35 heavy (non-hydrogen) atoms. The van der Waals surface area contributed by atoms with E-state index in [0.29, 0.717) is 23.7 Å². The monoisotopic (exact) mass is 475 g/mol. The largest absolute Gasteiger partial charge is 0.481 e. The highest BCUT2D eigenvalue weighted by Crippen LogP contribution is 2.27. The average molecular weight is 476 g/mol. The summed E-state index contributed by atoms with van der Waals surface area (Å²) in [5.74, 6) is 2.03. The Balaban J connectivity index is 1.47. The molecule has 2 heterocycles. The van der Waals surface area contributed by atoms with Crippen molar-refractivity contribution < 1.29 is 14.4 Å². The third-order valence-corrected chi connectivity index (χ3v) is 6.01. The second-order valence-electron chi connectivity index (χ2n) is 9.15. The number of carbonyl (C=O) groups excluding carboxylic acids is 1. The van der Waals surface area contributed by atoms with Gasteiger partial charge in [0.2, 0.25) is 0 Å². The van der Waals surface area contributed by atoms with Crippen LogP contribution in [0.25, 0.3) is 10.8 Å². The molecule has 0 aliphatic carbocycles. The van der Waals surface area contributed by atoms with E-state index in [0.717, 1.165) is 48.1 Å². The number of nitrogen functional groups attached to an aromatic ring is 1. The van der Waals surface area contributed by atoms with Crippen molar-refractivity contribution in [2.45, 2.75) is 45.6 Å². The molecule has 4 rings (SSSR count). The van der Waals surface area contributed by atoms with E-state index >= 15 is 0 Å². The summed E-state index contributed by atoms with van der Waals surface area (Å²) < 4.78 is 6.15. The lowest BCUT2D eigenvalue weighted by Gasteiger charge is -2.29. The van der Waals surface area contributed by atoms with Crippen LogP contribution < -0.4 is 20.7 Å². The molecule has 3 N–H and O–H groups in total. The fourth-order valence-corrected chi connectivity index (χ4v) is 4.29. The highest BCUT2D eigenvalue weighted by atomic mass is 16.6. The van der Waals surface area contributed by atoms with E-state index in [9.17, 15) is 4.79 Å². The lowest BCUT2D eigenvalue weighted by atomic mass is 10.0. The first kappa shape index (κ1) is 24.3. The summed E-state index contributed by atoms with van der Waals surface area (Å²) in [6.07, 6.45) is 4.70. The zero-order valence-electron chi connectivity index (χ0n) is 20.5. The average Bonchev–Trinajstić information content (AvgIpc) is 2.85. The number of amides is 1. The Labute approximate surface area is 206 Å². The Morgan fingerprint density at radius 2 is 1.97 bits per heavy atom. The molecule has 3 aromatic rings. The number of fused-ring (bicyclic) bond motifs is 1. The first-order valence-electron chi connectivity index (χ1n) is 12.0. The summed E-state index contributed by atoms with van der Waals surface area (Å²) >= 11 is 0. The molecule has 0 spiro atoms. The topological polar surface area (TPSA) is 102 Å². The predicted molar refractivity (Wildman–Crippen MR) is 141 cm³/mol. The fourth-order valence-electron chi connectivity index (χ4n) is 4.29. The summed E-state index contributed by atoms with van der Waals surface area (Å²) in [4.78, 5) is 24.5. The van der Waals surface area contributed by atoms with E-state index in [4.69, 9.17) is 15.3 Å². The van der Waals surface area contributed by atoms with Gasteiger partial charge in [0.05, 0.1) is 0 Å². The number of oxime groups is 1. The van der Waals surface area contributed by atoms with Crippen LogP contribution in [0.3, 0.4) is 0 Å². The van der Waals surface area contributed by atoms with E-state index in [2.05, 4.69) is 34.2 Å². The number of nitrogens with zero attached hydrogens (tertiary/aromatic N) is 3. The highest BCUT2D eigenvalue weighted by Gasteiger charge is 2.23. The Hall–Kier alpha value is -3.81. The lowest BCUT2D eigenvalue weighted by Crippen LogP contribution is -2.35. The summed E-state index contributed by atoms with van der Waals surface area (Å²) in [5.41, 5.74) is 7.76. The van der Waals surface area contributed by atoms with Crippen LogP contribution in [0, 0.1) is 5.92 Å². The number of nitrogens with two attached hydrogens (primary N) is 1. The molecular formula is C27H33N5O3. The van der Waals surface area contributed by atoms with Crippen LogP contribution in [-0.2, 0) is 9.63 Å². The number of ether oxygens (including phenoxy) is 1. The molecule has 1 saturated heterocycles. The minimum atomic E-state index is -0.646. The molecule has 0 saturated carbocycles. The Morgan fingerprint density at radius 1 is 1.17 bits per heavy atom. The molecule has 1 aliphatic heterocycles. The van der Waals surface area contributed by atoms with Crippen LogP contribution in [-0.4, -0.2) is 36.5 Å². The van der Waals surface area contributed by atoms with Gasteiger partial charge in [0.15, 0.2) is 6.10 Å². The normalized spacial score (nSPS) is 15.9. The number of piperidine rings is 1. The number of hydrogen-bond donors (Lipinski definition) is 2. The Kier molecular flexibility index (Phi) is 7.70. The zero-order valence-corrected chi connectivity index (χ0v) is 20.5. The molecule has 0 bridgehead atoms. The van der Waals surface area contributed by atoms with E-state index in [-0.39, 0.29) is 11.8 Å². The van der Waals surface area contributed by atoms with Gasteiger partial charge >= 0.3 is 0 Å². The maximum absolute atomic E-state index is 13.2. The van der Waals surface area contributed by atoms with Crippen LogP contribution in [0.4, 0.5) is 17.2 Å². The number of pyridine rings is 1. The summed E-state index contributed by atoms with van der Waals surface area (Å²) in [6, 6.07) is 15.3. The molecular weight excluding hydrogens is 442 g/mol. The van der Waals surface area contributed by atoms with Gasteiger partial charge in [-0.05, 0) is 73.0 Å². The SMILES string of the molecule is CON=C1CCCCN1c1ccc(NC(=O)[C@H](CC(C)C)Oc2ccc3ccnc(N)c3c2)cc1. The molecule has 0 radical (unpaired) electrons. The van der Waals surface area contributed by atoms with Crippen molar-refractivity contribution >= 4 is 39.7 Å². The molecule has 1 fully saturated rings. The smallest absolute Gasteiger partial charge is 0.265 e. The summed E-state index contributed by atoms with van der Waals surface area (Å²) in [5, 5.41) is 8.96. The number of nitrogens with one attached hydrogen (secondary N) is 1. The number of hydrogen-bond acceptors (Lipinski definition) is 6. The zero-order chi connectivity index (χ0) is 24.8. The first-order valence-corrected chi connectivity index (χ1v) is 12.0. The van der Waals surface area contributed by atoms with Crippen molar-refractivity contribution in [1.29, 1.82) is 0 Å². The molecule has 8 nitrogen and oxygen atoms in total. The van der Waals surface area contributed by atoms with Gasteiger partial charge in [0.25, 0.3) is 5.91 Å². The van der Waals surface area contributed by atoms with Crippen LogP contribution in [0.2, 0.25) is 0 Å². The van der Waals surface area contributed by atoms with Crippen molar-refractivity contribution in [3.63, 3.8) is 0 Å². The van der Waals surface area contributed by atoms with Crippen LogP contribution in [0.15, 0.2) is 59.9 Å². The molecule has 0 unspecified atom stereocenters. The highest BCUT2D eigenvalue weighted by molar-refractivity contribution is 5.99. The molecule has 1 aliphatic rings. The van der Waals surface area contributed by atoms with Gasteiger partial charge in [-0.1, -0.05) is 25.1 Å². The van der Waals surface area contributed by atoms with Gasteiger partial charge in [-0.15, -0.1) is 0 Å². The Bertz CT molecular complexity index is 1190. The van der Waals surface area contributed by atoms with Gasteiger partial charge in [-0.3, -0.25) is 4.79 Å². The van der Waals surface area contributed by atoms with E-state index in [1.807, 2.05) is 48.5 Å². The van der Waals surface area contributed by atoms with E-state index in [1.54, 1.807) is 13.3 Å². The van der Waals surface area contributed by atoms with Crippen molar-refractivity contribution in [2.24, 2.45) is 11.1 Å². The predicted octanol–water partition coefficient (Wildman–Crippen LogP) is 5.20. The molecule has 2 aromatic carbocycles. The third kappa shape index (κ3) is 6.01. The second-order valence-corrected chi connectivity index (χ2v) is 9.15. The first-order chi connectivity index (χ1) is 16.9. The van der Waals surface area contributed by atoms with E-state index < -0.39 is 6.10 Å². The molecule has 1 amide bonds. The van der Waals surface area contributed by atoms with E-state index in [1.165, 1.54) is 0 Å². The second kappa shape index (κ2) is 11.1. The number of carbonyl (C=O) groups is 1. The van der Waals surface area contributed by atoms with Crippen LogP contribution in [0.1, 0.15) is 39.5 Å². The quantitative estimate of drug-likeness (QED) is 0.434. The number of amidine groups is 1. The number of aromatic nitrogens is 1. The molecule has 1 atom stereocenters. The minimum absolute atomic E-state index is 0.190. The Morgan fingerprint density at radius 3 is 2.71 bits per heavy atom. The standard InChI is InChI=1S/C27H33N5O3/c1-18(2)16-24(35-22-12-7-19-13-14-29-26(28)23(19)17-22)27(33)30-20-8-10-21(11-9-20)32-15-5-4-6-25(32)31-34-3/h7-14,17-18,24H,4-6,15-16H2,1-3H3,(H2,28,29)(H,30,33)/t24-/m0/s1. The summed E-state index contributed by atoms with van der Waals surface area (Å²) in [7, 11) is 1.57. The van der Waals surface area contributed by atoms with Crippen molar-refractivity contribution in [2.75, 3.05) is 29.6 Å².